The van der Waals surface area contributed by atoms with E-state index in [2.05, 4.69) is 5.32 Å². The van der Waals surface area contributed by atoms with Crippen molar-refractivity contribution in [2.45, 2.75) is 13.0 Å². The molecule has 0 aromatic heterocycles. The Balaban J connectivity index is 2.09. The van der Waals surface area contributed by atoms with Gasteiger partial charge in [0.15, 0.2) is 11.6 Å². The molecule has 0 saturated carbocycles. The summed E-state index contributed by atoms with van der Waals surface area (Å²) in [4.78, 5) is 0. The Morgan fingerprint density at radius 2 is 1.80 bits per heavy atom. The number of hydrogen-bond acceptors (Lipinski definition) is 2. The second-order valence-corrected chi connectivity index (χ2v) is 4.61. The van der Waals surface area contributed by atoms with Crippen LogP contribution in [-0.4, -0.2) is 13.7 Å². The summed E-state index contributed by atoms with van der Waals surface area (Å²) in [5.74, 6) is -0.981. The molecule has 0 amide bonds. The highest BCUT2D eigenvalue weighted by molar-refractivity contribution is 5.27. The Hall–Kier alpha value is -1.94. The predicted octanol–water partition coefficient (Wildman–Crippen LogP) is 3.61. The maximum absolute atomic E-state index is 13.7. The van der Waals surface area contributed by atoms with E-state index in [4.69, 9.17) is 4.74 Å². The molecule has 1 N–H and O–H groups in total. The van der Waals surface area contributed by atoms with Crippen molar-refractivity contribution < 1.29 is 13.5 Å². The molecule has 0 aliphatic rings. The Morgan fingerprint density at radius 3 is 2.45 bits per heavy atom. The minimum absolute atomic E-state index is 0.222. The van der Waals surface area contributed by atoms with E-state index in [0.717, 1.165) is 11.6 Å². The normalized spacial score (nSPS) is 12.2. The molecule has 2 rings (SSSR count). The Kier molecular flexibility index (Phi) is 4.69. The van der Waals surface area contributed by atoms with Gasteiger partial charge < -0.3 is 10.1 Å². The second-order valence-electron chi connectivity index (χ2n) is 4.61. The standard InChI is InChI=1S/C16H17F2NO/c1-11-6-8-12(9-7-11)20-10-15(19-2)13-4-3-5-14(17)16(13)18/h3-9,15,19H,10H2,1-2H3. The molecular formula is C16H17F2NO. The largest absolute Gasteiger partial charge is 0.492 e. The van der Waals surface area contributed by atoms with Crippen molar-refractivity contribution in [1.82, 2.24) is 5.32 Å². The quantitative estimate of drug-likeness (QED) is 0.901. The maximum atomic E-state index is 13.7. The molecule has 1 atom stereocenters. The molecule has 0 spiro atoms. The molecule has 0 fully saturated rings. The topological polar surface area (TPSA) is 21.3 Å². The van der Waals surface area contributed by atoms with Crippen LogP contribution in [0.15, 0.2) is 42.5 Å². The fourth-order valence-corrected chi connectivity index (χ4v) is 1.93. The third kappa shape index (κ3) is 3.33. The van der Waals surface area contributed by atoms with Gasteiger partial charge in [-0.3, -0.25) is 0 Å². The smallest absolute Gasteiger partial charge is 0.163 e. The summed E-state index contributed by atoms with van der Waals surface area (Å²) < 4.78 is 32.6. The van der Waals surface area contributed by atoms with E-state index in [-0.39, 0.29) is 12.2 Å². The molecule has 0 heterocycles. The molecule has 2 aromatic carbocycles. The number of aryl methyl sites for hydroxylation is 1. The van der Waals surface area contributed by atoms with Crippen LogP contribution in [0.1, 0.15) is 17.2 Å². The van der Waals surface area contributed by atoms with E-state index in [9.17, 15) is 8.78 Å². The summed E-state index contributed by atoms with van der Waals surface area (Å²) >= 11 is 0. The van der Waals surface area contributed by atoms with Crippen LogP contribution in [0.5, 0.6) is 5.75 Å². The van der Waals surface area contributed by atoms with E-state index in [1.807, 2.05) is 31.2 Å². The lowest BCUT2D eigenvalue weighted by molar-refractivity contribution is 0.268. The summed E-state index contributed by atoms with van der Waals surface area (Å²) in [6.45, 7) is 2.21. The average Bonchev–Trinajstić information content (AvgIpc) is 2.45. The van der Waals surface area contributed by atoms with Gasteiger partial charge in [0.2, 0.25) is 0 Å². The zero-order valence-electron chi connectivity index (χ0n) is 11.5. The summed E-state index contributed by atoms with van der Waals surface area (Å²) in [5, 5.41) is 2.94. The first-order chi connectivity index (χ1) is 9.61. The molecule has 4 heteroatoms. The Labute approximate surface area is 117 Å². The first kappa shape index (κ1) is 14.5. The fourth-order valence-electron chi connectivity index (χ4n) is 1.93. The highest BCUT2D eigenvalue weighted by Crippen LogP contribution is 2.21. The third-order valence-electron chi connectivity index (χ3n) is 3.14. The minimum atomic E-state index is -0.849. The molecular weight excluding hydrogens is 260 g/mol. The van der Waals surface area contributed by atoms with Gasteiger partial charge in [-0.15, -0.1) is 0 Å². The average molecular weight is 277 g/mol. The zero-order chi connectivity index (χ0) is 14.5. The van der Waals surface area contributed by atoms with Gasteiger partial charge in [-0.2, -0.15) is 0 Å². The van der Waals surface area contributed by atoms with Crippen molar-refractivity contribution in [3.05, 3.63) is 65.2 Å². The van der Waals surface area contributed by atoms with Gasteiger partial charge in [-0.1, -0.05) is 29.8 Å². The van der Waals surface area contributed by atoms with Crippen LogP contribution in [0.25, 0.3) is 0 Å². The lowest BCUT2D eigenvalue weighted by Gasteiger charge is -2.18. The van der Waals surface area contributed by atoms with Crippen LogP contribution in [0.3, 0.4) is 0 Å². The van der Waals surface area contributed by atoms with E-state index >= 15 is 0 Å². The van der Waals surface area contributed by atoms with E-state index in [1.54, 1.807) is 13.1 Å². The zero-order valence-corrected chi connectivity index (χ0v) is 11.5. The number of ether oxygens (including phenoxy) is 1. The Bertz CT molecular complexity index is 569. The van der Waals surface area contributed by atoms with Crippen LogP contribution in [0.4, 0.5) is 8.78 Å². The third-order valence-corrected chi connectivity index (χ3v) is 3.14. The van der Waals surface area contributed by atoms with Crippen LogP contribution < -0.4 is 10.1 Å². The molecule has 0 aliphatic carbocycles. The van der Waals surface area contributed by atoms with Crippen molar-refractivity contribution in [1.29, 1.82) is 0 Å². The second kappa shape index (κ2) is 6.48. The van der Waals surface area contributed by atoms with Gasteiger partial charge in [0.25, 0.3) is 0 Å². The van der Waals surface area contributed by atoms with Crippen molar-refractivity contribution in [3.63, 3.8) is 0 Å². The molecule has 0 bridgehead atoms. The van der Waals surface area contributed by atoms with Gasteiger partial charge in [-0.05, 0) is 32.2 Å². The first-order valence-electron chi connectivity index (χ1n) is 6.42. The van der Waals surface area contributed by atoms with Crippen molar-refractivity contribution >= 4 is 0 Å². The molecule has 0 radical (unpaired) electrons. The van der Waals surface area contributed by atoms with Crippen LogP contribution >= 0.6 is 0 Å². The molecule has 106 valence electrons. The summed E-state index contributed by atoms with van der Waals surface area (Å²) in [6, 6.07) is 11.3. The molecule has 0 saturated heterocycles. The van der Waals surface area contributed by atoms with Gasteiger partial charge in [-0.25, -0.2) is 8.78 Å². The number of benzene rings is 2. The van der Waals surface area contributed by atoms with Crippen LogP contribution in [0.2, 0.25) is 0 Å². The maximum Gasteiger partial charge on any atom is 0.163 e. The lowest BCUT2D eigenvalue weighted by atomic mass is 10.1. The summed E-state index contributed by atoms with van der Waals surface area (Å²) in [6.07, 6.45) is 0. The SMILES string of the molecule is CNC(COc1ccc(C)cc1)c1cccc(F)c1F. The Morgan fingerprint density at radius 1 is 1.10 bits per heavy atom. The van der Waals surface area contributed by atoms with Crippen LogP contribution in [0, 0.1) is 18.6 Å². The lowest BCUT2D eigenvalue weighted by Crippen LogP contribution is -2.24. The van der Waals surface area contributed by atoms with Gasteiger partial charge >= 0.3 is 0 Å². The van der Waals surface area contributed by atoms with Crippen molar-refractivity contribution in [3.8, 4) is 5.75 Å². The molecule has 0 aliphatic heterocycles. The number of nitrogens with one attached hydrogen (secondary N) is 1. The van der Waals surface area contributed by atoms with Crippen molar-refractivity contribution in [2.75, 3.05) is 13.7 Å². The van der Waals surface area contributed by atoms with Gasteiger partial charge in [0, 0.05) is 5.56 Å². The number of hydrogen-bond donors (Lipinski definition) is 1. The minimum Gasteiger partial charge on any atom is -0.492 e. The molecule has 2 aromatic rings. The first-order valence-corrected chi connectivity index (χ1v) is 6.42. The fraction of sp³-hybridized carbons (Fsp3) is 0.250. The number of rotatable bonds is 5. The van der Waals surface area contributed by atoms with Gasteiger partial charge in [0.1, 0.15) is 12.4 Å². The highest BCUT2D eigenvalue weighted by atomic mass is 19.2. The van der Waals surface area contributed by atoms with E-state index < -0.39 is 17.7 Å². The number of likely N-dealkylation sites (N-methyl/N-ethyl adjacent to an activating group) is 1. The summed E-state index contributed by atoms with van der Waals surface area (Å²) in [7, 11) is 1.69. The van der Waals surface area contributed by atoms with Crippen molar-refractivity contribution in [2.24, 2.45) is 0 Å². The van der Waals surface area contributed by atoms with E-state index in [0.29, 0.717) is 5.75 Å². The van der Waals surface area contributed by atoms with E-state index in [1.165, 1.54) is 6.07 Å². The molecule has 20 heavy (non-hydrogen) atoms. The molecule has 2 nitrogen and oxygen atoms in total. The summed E-state index contributed by atoms with van der Waals surface area (Å²) in [5.41, 5.74) is 1.40. The predicted molar refractivity (Wildman–Crippen MR) is 74.8 cm³/mol. The number of halogens is 2. The highest BCUT2D eigenvalue weighted by Gasteiger charge is 2.17. The van der Waals surface area contributed by atoms with Gasteiger partial charge in [0.05, 0.1) is 6.04 Å². The molecule has 1 unspecified atom stereocenters. The van der Waals surface area contributed by atoms with Crippen LogP contribution in [-0.2, 0) is 0 Å². The monoisotopic (exact) mass is 277 g/mol.